The van der Waals surface area contributed by atoms with Gasteiger partial charge in [0.05, 0.1) is 24.3 Å². The van der Waals surface area contributed by atoms with Crippen molar-refractivity contribution in [2.24, 2.45) is 0 Å². The normalized spacial score (nSPS) is 19.8. The topological polar surface area (TPSA) is 53.2 Å². The summed E-state index contributed by atoms with van der Waals surface area (Å²) in [5.41, 5.74) is 1.35. The molecule has 1 unspecified atom stereocenters. The van der Waals surface area contributed by atoms with Gasteiger partial charge < -0.3 is 9.84 Å². The standard InChI is InChI=1S/C10H9NO2/c11-6-7-1-2-8-9(12)3-4-13-10(8)5-7/h1-2,5,9,12H,3-4H2. The summed E-state index contributed by atoms with van der Waals surface area (Å²) >= 11 is 0. The highest BCUT2D eigenvalue weighted by molar-refractivity contribution is 5.44. The van der Waals surface area contributed by atoms with Crippen LogP contribution in [0, 0.1) is 11.3 Å². The molecule has 0 saturated heterocycles. The first-order chi connectivity index (χ1) is 6.31. The maximum atomic E-state index is 9.56. The van der Waals surface area contributed by atoms with Gasteiger partial charge >= 0.3 is 0 Å². The van der Waals surface area contributed by atoms with E-state index in [1.165, 1.54) is 0 Å². The Morgan fingerprint density at radius 1 is 1.54 bits per heavy atom. The van der Waals surface area contributed by atoms with Gasteiger partial charge in [-0.1, -0.05) is 6.07 Å². The van der Waals surface area contributed by atoms with Gasteiger partial charge in [-0.05, 0) is 12.1 Å². The van der Waals surface area contributed by atoms with Gasteiger partial charge in [-0.15, -0.1) is 0 Å². The molecule has 3 nitrogen and oxygen atoms in total. The lowest BCUT2D eigenvalue weighted by atomic mass is 10.0. The molecule has 66 valence electrons. The largest absolute Gasteiger partial charge is 0.493 e. The van der Waals surface area contributed by atoms with Gasteiger partial charge in [-0.25, -0.2) is 0 Å². The van der Waals surface area contributed by atoms with Crippen LogP contribution < -0.4 is 4.74 Å². The minimum atomic E-state index is -0.448. The first-order valence-electron chi connectivity index (χ1n) is 4.16. The maximum Gasteiger partial charge on any atom is 0.126 e. The molecule has 1 atom stereocenters. The van der Waals surface area contributed by atoms with Crippen molar-refractivity contribution in [3.8, 4) is 11.8 Å². The van der Waals surface area contributed by atoms with Crippen LogP contribution in [0.1, 0.15) is 23.7 Å². The smallest absolute Gasteiger partial charge is 0.126 e. The van der Waals surface area contributed by atoms with Crippen molar-refractivity contribution in [3.63, 3.8) is 0 Å². The summed E-state index contributed by atoms with van der Waals surface area (Å²) < 4.78 is 5.33. The van der Waals surface area contributed by atoms with Crippen LogP contribution in [0.15, 0.2) is 18.2 Å². The number of benzene rings is 1. The van der Waals surface area contributed by atoms with Crippen LogP contribution in [0.25, 0.3) is 0 Å². The third kappa shape index (κ3) is 1.36. The number of nitrogens with zero attached hydrogens (tertiary/aromatic N) is 1. The Morgan fingerprint density at radius 2 is 2.38 bits per heavy atom. The molecular formula is C10H9NO2. The van der Waals surface area contributed by atoms with Crippen molar-refractivity contribution in [3.05, 3.63) is 29.3 Å². The van der Waals surface area contributed by atoms with E-state index in [2.05, 4.69) is 0 Å². The molecule has 0 fully saturated rings. The van der Waals surface area contributed by atoms with Crippen molar-refractivity contribution in [2.45, 2.75) is 12.5 Å². The highest BCUT2D eigenvalue weighted by atomic mass is 16.5. The Labute approximate surface area is 76.2 Å². The molecule has 1 aliphatic heterocycles. The molecule has 1 N–H and O–H groups in total. The first kappa shape index (κ1) is 8.09. The van der Waals surface area contributed by atoms with Crippen LogP contribution in [-0.4, -0.2) is 11.7 Å². The van der Waals surface area contributed by atoms with Gasteiger partial charge in [0.25, 0.3) is 0 Å². The van der Waals surface area contributed by atoms with E-state index in [1.54, 1.807) is 18.2 Å². The molecule has 1 aliphatic rings. The number of hydrogen-bond acceptors (Lipinski definition) is 3. The Balaban J connectivity index is 2.47. The van der Waals surface area contributed by atoms with Crippen LogP contribution in [0.5, 0.6) is 5.75 Å². The third-order valence-electron chi connectivity index (χ3n) is 2.15. The highest BCUT2D eigenvalue weighted by Gasteiger charge is 2.18. The zero-order valence-corrected chi connectivity index (χ0v) is 7.03. The van der Waals surface area contributed by atoms with Crippen molar-refractivity contribution in [1.82, 2.24) is 0 Å². The fourth-order valence-electron chi connectivity index (χ4n) is 1.44. The lowest BCUT2D eigenvalue weighted by Gasteiger charge is -2.21. The second-order valence-corrected chi connectivity index (χ2v) is 3.02. The van der Waals surface area contributed by atoms with Gasteiger partial charge in [0.15, 0.2) is 0 Å². The highest BCUT2D eigenvalue weighted by Crippen LogP contribution is 2.32. The van der Waals surface area contributed by atoms with Crippen molar-refractivity contribution in [1.29, 1.82) is 5.26 Å². The second kappa shape index (κ2) is 3.08. The zero-order chi connectivity index (χ0) is 9.26. The summed E-state index contributed by atoms with van der Waals surface area (Å²) in [7, 11) is 0. The predicted octanol–water partition coefficient (Wildman–Crippen LogP) is 1.37. The molecule has 0 spiro atoms. The molecule has 13 heavy (non-hydrogen) atoms. The number of aliphatic hydroxyl groups is 1. The SMILES string of the molecule is N#Cc1ccc2c(c1)OCCC2O. The van der Waals surface area contributed by atoms with Crippen LogP contribution in [0.3, 0.4) is 0 Å². The molecule has 1 aromatic carbocycles. The quantitative estimate of drug-likeness (QED) is 0.648. The van der Waals surface area contributed by atoms with Crippen molar-refractivity contribution in [2.75, 3.05) is 6.61 Å². The van der Waals surface area contributed by atoms with Crippen LogP contribution in [0.2, 0.25) is 0 Å². The third-order valence-corrected chi connectivity index (χ3v) is 2.15. The summed E-state index contributed by atoms with van der Waals surface area (Å²) in [6, 6.07) is 7.13. The lowest BCUT2D eigenvalue weighted by Crippen LogP contribution is -2.13. The maximum absolute atomic E-state index is 9.56. The van der Waals surface area contributed by atoms with E-state index in [4.69, 9.17) is 10.00 Å². The average molecular weight is 175 g/mol. The molecule has 0 radical (unpaired) electrons. The minimum Gasteiger partial charge on any atom is -0.493 e. The van der Waals surface area contributed by atoms with Gasteiger partial charge in [0.2, 0.25) is 0 Å². The van der Waals surface area contributed by atoms with Crippen LogP contribution >= 0.6 is 0 Å². The fraction of sp³-hybridized carbons (Fsp3) is 0.300. The molecule has 0 amide bonds. The van der Waals surface area contributed by atoms with Crippen LogP contribution in [-0.2, 0) is 0 Å². The molecular weight excluding hydrogens is 166 g/mol. The van der Waals surface area contributed by atoms with Gasteiger partial charge in [-0.3, -0.25) is 0 Å². The Kier molecular flexibility index (Phi) is 1.91. The van der Waals surface area contributed by atoms with Gasteiger partial charge in [0, 0.05) is 12.0 Å². The summed E-state index contributed by atoms with van der Waals surface area (Å²) in [5.74, 6) is 0.637. The molecule has 1 heterocycles. The molecule has 3 heteroatoms. The first-order valence-corrected chi connectivity index (χ1v) is 4.16. The second-order valence-electron chi connectivity index (χ2n) is 3.02. The van der Waals surface area contributed by atoms with Crippen molar-refractivity contribution < 1.29 is 9.84 Å². The monoisotopic (exact) mass is 175 g/mol. The van der Waals surface area contributed by atoms with E-state index in [9.17, 15) is 5.11 Å². The lowest BCUT2D eigenvalue weighted by molar-refractivity contribution is 0.115. The molecule has 0 saturated carbocycles. The van der Waals surface area contributed by atoms with Gasteiger partial charge in [0.1, 0.15) is 5.75 Å². The van der Waals surface area contributed by atoms with E-state index in [0.717, 1.165) is 5.56 Å². The summed E-state index contributed by atoms with van der Waals surface area (Å²) in [5, 5.41) is 18.2. The molecule has 0 aromatic heterocycles. The number of hydrogen-bond donors (Lipinski definition) is 1. The Morgan fingerprint density at radius 3 is 3.15 bits per heavy atom. The number of rotatable bonds is 0. The minimum absolute atomic E-state index is 0.448. The number of nitriles is 1. The Hall–Kier alpha value is -1.53. The zero-order valence-electron chi connectivity index (χ0n) is 7.03. The molecule has 1 aromatic rings. The Bertz CT molecular complexity index is 368. The van der Waals surface area contributed by atoms with Crippen LogP contribution in [0.4, 0.5) is 0 Å². The van der Waals surface area contributed by atoms with E-state index in [-0.39, 0.29) is 0 Å². The summed E-state index contributed by atoms with van der Waals surface area (Å²) in [6.45, 7) is 0.517. The number of aliphatic hydroxyl groups excluding tert-OH is 1. The predicted molar refractivity (Wildman–Crippen MR) is 46.2 cm³/mol. The molecule has 2 rings (SSSR count). The van der Waals surface area contributed by atoms with E-state index >= 15 is 0 Å². The number of fused-ring (bicyclic) bond motifs is 1. The average Bonchev–Trinajstić information content (AvgIpc) is 2.18. The fourth-order valence-corrected chi connectivity index (χ4v) is 1.44. The van der Waals surface area contributed by atoms with Gasteiger partial charge in [-0.2, -0.15) is 5.26 Å². The molecule has 0 aliphatic carbocycles. The number of ether oxygens (including phenoxy) is 1. The van der Waals surface area contributed by atoms with E-state index in [1.807, 2.05) is 6.07 Å². The summed E-state index contributed by atoms with van der Waals surface area (Å²) in [6.07, 6.45) is 0.176. The van der Waals surface area contributed by atoms with E-state index in [0.29, 0.717) is 24.3 Å². The van der Waals surface area contributed by atoms with E-state index < -0.39 is 6.10 Å². The summed E-state index contributed by atoms with van der Waals surface area (Å²) in [4.78, 5) is 0. The van der Waals surface area contributed by atoms with Crippen molar-refractivity contribution >= 4 is 0 Å². The molecule has 0 bridgehead atoms.